The number of fused-ring (bicyclic) bond motifs is 1. The molecule has 1 N–H and O–H groups in total. The van der Waals surface area contributed by atoms with E-state index < -0.39 is 0 Å². The fourth-order valence-electron chi connectivity index (χ4n) is 3.96. The molecule has 128 valence electrons. The van der Waals surface area contributed by atoms with Crippen LogP contribution in [0.2, 0.25) is 0 Å². The molecule has 1 aliphatic rings. The summed E-state index contributed by atoms with van der Waals surface area (Å²) in [7, 11) is 0. The van der Waals surface area contributed by atoms with Gasteiger partial charge in [0.25, 0.3) is 0 Å². The summed E-state index contributed by atoms with van der Waals surface area (Å²) in [5, 5.41) is 7.27. The van der Waals surface area contributed by atoms with Crippen LogP contribution in [-0.2, 0) is 17.6 Å². The Hall–Kier alpha value is -2.10. The molecular formula is C20H26N2O2. The number of carbonyl (C=O) groups excluding carboxylic acids is 1. The molecule has 4 heteroatoms. The maximum absolute atomic E-state index is 12.6. The summed E-state index contributed by atoms with van der Waals surface area (Å²) in [5.74, 6) is 1.02. The van der Waals surface area contributed by atoms with Crippen molar-refractivity contribution in [3.63, 3.8) is 0 Å². The Kier molecular flexibility index (Phi) is 4.48. The molecule has 1 amide bonds. The SMILES string of the molecule is Cc1noc(C)c1C(C)CC(=O)NC1(C)CCc2ccccc2C1. The van der Waals surface area contributed by atoms with Crippen molar-refractivity contribution in [2.75, 3.05) is 0 Å². The van der Waals surface area contributed by atoms with E-state index in [0.29, 0.717) is 6.42 Å². The summed E-state index contributed by atoms with van der Waals surface area (Å²) < 4.78 is 5.23. The van der Waals surface area contributed by atoms with Crippen LogP contribution in [0.5, 0.6) is 0 Å². The smallest absolute Gasteiger partial charge is 0.221 e. The van der Waals surface area contributed by atoms with Gasteiger partial charge < -0.3 is 9.84 Å². The van der Waals surface area contributed by atoms with Gasteiger partial charge in [-0.15, -0.1) is 0 Å². The molecule has 4 nitrogen and oxygen atoms in total. The molecular weight excluding hydrogens is 300 g/mol. The van der Waals surface area contributed by atoms with Gasteiger partial charge in [0.1, 0.15) is 5.76 Å². The van der Waals surface area contributed by atoms with Crippen LogP contribution in [0.3, 0.4) is 0 Å². The first-order valence-electron chi connectivity index (χ1n) is 8.68. The molecule has 1 heterocycles. The molecule has 0 spiro atoms. The zero-order chi connectivity index (χ0) is 17.3. The van der Waals surface area contributed by atoms with E-state index in [1.165, 1.54) is 11.1 Å². The first kappa shape index (κ1) is 16.7. The Morgan fingerprint density at radius 1 is 1.33 bits per heavy atom. The van der Waals surface area contributed by atoms with E-state index in [1.807, 2.05) is 13.8 Å². The largest absolute Gasteiger partial charge is 0.361 e. The van der Waals surface area contributed by atoms with E-state index in [0.717, 1.165) is 36.3 Å². The van der Waals surface area contributed by atoms with Gasteiger partial charge in [0.2, 0.25) is 5.91 Å². The molecule has 3 rings (SSSR count). The van der Waals surface area contributed by atoms with Gasteiger partial charge in [-0.2, -0.15) is 0 Å². The molecule has 2 aromatic rings. The van der Waals surface area contributed by atoms with Crippen LogP contribution in [-0.4, -0.2) is 16.6 Å². The number of nitrogens with zero attached hydrogens (tertiary/aromatic N) is 1. The van der Waals surface area contributed by atoms with E-state index in [-0.39, 0.29) is 17.4 Å². The number of aryl methyl sites for hydroxylation is 3. The zero-order valence-electron chi connectivity index (χ0n) is 15.0. The number of hydrogen-bond donors (Lipinski definition) is 1. The van der Waals surface area contributed by atoms with Crippen molar-refractivity contribution in [1.29, 1.82) is 0 Å². The van der Waals surface area contributed by atoms with Crippen LogP contribution in [0.1, 0.15) is 60.8 Å². The first-order valence-corrected chi connectivity index (χ1v) is 8.68. The number of aromatic nitrogens is 1. The summed E-state index contributed by atoms with van der Waals surface area (Å²) in [6.45, 7) is 8.05. The first-order chi connectivity index (χ1) is 11.4. The van der Waals surface area contributed by atoms with Crippen molar-refractivity contribution < 1.29 is 9.32 Å². The summed E-state index contributed by atoms with van der Waals surface area (Å²) >= 11 is 0. The Morgan fingerprint density at radius 2 is 2.04 bits per heavy atom. The Labute approximate surface area is 143 Å². The Bertz CT molecular complexity index is 730. The molecule has 0 radical (unpaired) electrons. The second-order valence-corrected chi connectivity index (χ2v) is 7.40. The zero-order valence-corrected chi connectivity index (χ0v) is 15.0. The molecule has 1 aromatic carbocycles. The predicted octanol–water partition coefficient (Wildman–Crippen LogP) is 3.85. The average molecular weight is 326 g/mol. The Balaban J connectivity index is 1.65. The fraction of sp³-hybridized carbons (Fsp3) is 0.500. The quantitative estimate of drug-likeness (QED) is 0.928. The maximum atomic E-state index is 12.6. The van der Waals surface area contributed by atoms with E-state index >= 15 is 0 Å². The van der Waals surface area contributed by atoms with Crippen molar-refractivity contribution in [1.82, 2.24) is 10.5 Å². The van der Waals surface area contributed by atoms with E-state index in [1.54, 1.807) is 0 Å². The molecule has 0 aliphatic heterocycles. The molecule has 24 heavy (non-hydrogen) atoms. The highest BCUT2D eigenvalue weighted by atomic mass is 16.5. The van der Waals surface area contributed by atoms with Gasteiger partial charge in [-0.25, -0.2) is 0 Å². The van der Waals surface area contributed by atoms with Crippen LogP contribution in [0.25, 0.3) is 0 Å². The van der Waals surface area contributed by atoms with Crippen LogP contribution in [0, 0.1) is 13.8 Å². The predicted molar refractivity (Wildman–Crippen MR) is 94.0 cm³/mol. The highest BCUT2D eigenvalue weighted by Gasteiger charge is 2.31. The number of nitrogens with one attached hydrogen (secondary N) is 1. The van der Waals surface area contributed by atoms with E-state index in [4.69, 9.17) is 4.52 Å². The lowest BCUT2D eigenvalue weighted by Crippen LogP contribution is -2.50. The standard InChI is InChI=1S/C20H26N2O2/c1-13(19-14(2)22-24-15(19)3)11-18(23)21-20(4)10-9-16-7-5-6-8-17(16)12-20/h5-8,13H,9-12H2,1-4H3,(H,21,23). The summed E-state index contributed by atoms with van der Waals surface area (Å²) in [4.78, 5) is 12.6. The fourth-order valence-corrected chi connectivity index (χ4v) is 3.96. The number of benzene rings is 1. The monoisotopic (exact) mass is 326 g/mol. The lowest BCUT2D eigenvalue weighted by molar-refractivity contribution is -0.123. The number of rotatable bonds is 4. The molecule has 2 atom stereocenters. The van der Waals surface area contributed by atoms with Crippen molar-refractivity contribution in [2.45, 2.75) is 64.8 Å². The van der Waals surface area contributed by atoms with Gasteiger partial charge in [0.05, 0.1) is 5.69 Å². The van der Waals surface area contributed by atoms with Gasteiger partial charge in [-0.1, -0.05) is 36.3 Å². The second-order valence-electron chi connectivity index (χ2n) is 7.40. The average Bonchev–Trinajstić information content (AvgIpc) is 2.85. The topological polar surface area (TPSA) is 55.1 Å². The molecule has 0 saturated carbocycles. The van der Waals surface area contributed by atoms with Gasteiger partial charge in [-0.3, -0.25) is 4.79 Å². The van der Waals surface area contributed by atoms with Gasteiger partial charge in [0, 0.05) is 17.5 Å². The van der Waals surface area contributed by atoms with Crippen LogP contribution < -0.4 is 5.32 Å². The summed E-state index contributed by atoms with van der Waals surface area (Å²) in [5.41, 5.74) is 4.54. The van der Waals surface area contributed by atoms with E-state index in [2.05, 4.69) is 48.6 Å². The van der Waals surface area contributed by atoms with Gasteiger partial charge >= 0.3 is 0 Å². The van der Waals surface area contributed by atoms with Crippen LogP contribution in [0.4, 0.5) is 0 Å². The summed E-state index contributed by atoms with van der Waals surface area (Å²) in [6.07, 6.45) is 3.36. The minimum Gasteiger partial charge on any atom is -0.361 e. The third kappa shape index (κ3) is 3.37. The van der Waals surface area contributed by atoms with Crippen LogP contribution >= 0.6 is 0 Å². The van der Waals surface area contributed by atoms with Crippen molar-refractivity contribution >= 4 is 5.91 Å². The van der Waals surface area contributed by atoms with Crippen LogP contribution in [0.15, 0.2) is 28.8 Å². The highest BCUT2D eigenvalue weighted by molar-refractivity contribution is 5.78. The van der Waals surface area contributed by atoms with Gasteiger partial charge in [0.15, 0.2) is 0 Å². The number of hydrogen-bond acceptors (Lipinski definition) is 3. The third-order valence-corrected chi connectivity index (χ3v) is 5.16. The maximum Gasteiger partial charge on any atom is 0.221 e. The molecule has 2 unspecified atom stereocenters. The minimum atomic E-state index is -0.163. The van der Waals surface area contributed by atoms with Crippen molar-refractivity contribution in [3.05, 3.63) is 52.4 Å². The molecule has 1 aliphatic carbocycles. The molecule has 1 aromatic heterocycles. The van der Waals surface area contributed by atoms with Gasteiger partial charge in [-0.05, 0) is 57.1 Å². The molecule has 0 fully saturated rings. The highest BCUT2D eigenvalue weighted by Crippen LogP contribution is 2.30. The van der Waals surface area contributed by atoms with Crippen molar-refractivity contribution in [2.24, 2.45) is 0 Å². The number of amides is 1. The molecule has 0 saturated heterocycles. The second kappa shape index (κ2) is 6.42. The normalized spacial score (nSPS) is 21.2. The lowest BCUT2D eigenvalue weighted by atomic mass is 9.79. The summed E-state index contributed by atoms with van der Waals surface area (Å²) in [6, 6.07) is 8.53. The number of carbonyl (C=O) groups is 1. The molecule has 0 bridgehead atoms. The minimum absolute atomic E-state index is 0.101. The van der Waals surface area contributed by atoms with E-state index in [9.17, 15) is 4.79 Å². The lowest BCUT2D eigenvalue weighted by Gasteiger charge is -2.36. The third-order valence-electron chi connectivity index (χ3n) is 5.16. The van der Waals surface area contributed by atoms with Crippen molar-refractivity contribution in [3.8, 4) is 0 Å². The Morgan fingerprint density at radius 3 is 2.71 bits per heavy atom.